The molecule has 1 fully saturated rings. The number of piperidine rings is 1. The van der Waals surface area contributed by atoms with Gasteiger partial charge in [0.2, 0.25) is 0 Å². The van der Waals surface area contributed by atoms with Gasteiger partial charge in [0, 0.05) is 18.6 Å². The van der Waals surface area contributed by atoms with E-state index in [0.717, 1.165) is 31.2 Å². The summed E-state index contributed by atoms with van der Waals surface area (Å²) in [6.45, 7) is 15.6. The van der Waals surface area contributed by atoms with E-state index < -0.39 is 0 Å². The zero-order valence-corrected chi connectivity index (χ0v) is 14.2. The second-order valence-electron chi connectivity index (χ2n) is 7.40. The van der Waals surface area contributed by atoms with Crippen LogP contribution >= 0.6 is 0 Å². The minimum absolute atomic E-state index is 0.355. The van der Waals surface area contributed by atoms with Gasteiger partial charge < -0.3 is 4.90 Å². The van der Waals surface area contributed by atoms with Crippen molar-refractivity contribution in [3.8, 4) is 6.07 Å². The Morgan fingerprint density at radius 1 is 1.35 bits per heavy atom. The summed E-state index contributed by atoms with van der Waals surface area (Å²) in [5.41, 5.74) is -0.385. The van der Waals surface area contributed by atoms with Crippen LogP contribution in [0, 0.1) is 23.2 Å². The van der Waals surface area contributed by atoms with Crippen molar-refractivity contribution in [3.05, 3.63) is 0 Å². The van der Waals surface area contributed by atoms with Crippen LogP contribution in [0.25, 0.3) is 0 Å². The SMILES string of the molecule is CC1CC(C)C(C)N(CCCC(C)(C#N)NC(C)C)C1. The monoisotopic (exact) mass is 279 g/mol. The molecule has 3 heteroatoms. The first-order valence-electron chi connectivity index (χ1n) is 8.20. The van der Waals surface area contributed by atoms with Crippen molar-refractivity contribution in [2.24, 2.45) is 11.8 Å². The Labute approximate surface area is 125 Å². The molecule has 0 bridgehead atoms. The summed E-state index contributed by atoms with van der Waals surface area (Å²) in [7, 11) is 0. The lowest BCUT2D eigenvalue weighted by Crippen LogP contribution is -2.48. The molecule has 0 saturated carbocycles. The van der Waals surface area contributed by atoms with Gasteiger partial charge in [-0.2, -0.15) is 5.26 Å². The molecule has 4 atom stereocenters. The van der Waals surface area contributed by atoms with Gasteiger partial charge in [0.1, 0.15) is 5.54 Å². The molecule has 1 aliphatic rings. The number of hydrogen-bond acceptors (Lipinski definition) is 3. The summed E-state index contributed by atoms with van der Waals surface area (Å²) in [6.07, 6.45) is 3.36. The highest BCUT2D eigenvalue weighted by molar-refractivity contribution is 5.04. The van der Waals surface area contributed by atoms with E-state index in [1.54, 1.807) is 0 Å². The molecule has 0 aromatic heterocycles. The standard InChI is InChI=1S/C17H33N3/c1-13(2)19-17(6,12-18)8-7-9-20-11-14(3)10-15(4)16(20)5/h13-16,19H,7-11H2,1-6H3. The van der Waals surface area contributed by atoms with E-state index in [4.69, 9.17) is 0 Å². The van der Waals surface area contributed by atoms with Crippen molar-refractivity contribution in [1.82, 2.24) is 10.2 Å². The zero-order chi connectivity index (χ0) is 15.3. The van der Waals surface area contributed by atoms with E-state index in [1.165, 1.54) is 13.0 Å². The Morgan fingerprint density at radius 2 is 2.00 bits per heavy atom. The molecule has 116 valence electrons. The smallest absolute Gasteiger partial charge is 0.104 e. The molecule has 3 nitrogen and oxygen atoms in total. The van der Waals surface area contributed by atoms with E-state index in [9.17, 15) is 5.26 Å². The zero-order valence-electron chi connectivity index (χ0n) is 14.2. The molecule has 0 aliphatic carbocycles. The van der Waals surface area contributed by atoms with Gasteiger partial charge in [-0.25, -0.2) is 0 Å². The fraction of sp³-hybridized carbons (Fsp3) is 0.941. The first-order chi connectivity index (χ1) is 9.27. The molecule has 0 aromatic carbocycles. The summed E-state index contributed by atoms with van der Waals surface area (Å²) in [6, 6.07) is 3.48. The van der Waals surface area contributed by atoms with Crippen molar-refractivity contribution in [2.45, 2.75) is 78.4 Å². The van der Waals surface area contributed by atoms with Crippen LogP contribution in [0.3, 0.4) is 0 Å². The van der Waals surface area contributed by atoms with Crippen LogP contribution in [0.2, 0.25) is 0 Å². The largest absolute Gasteiger partial charge is 0.300 e. The maximum absolute atomic E-state index is 9.38. The number of rotatable bonds is 6. The molecule has 1 saturated heterocycles. The summed E-state index contributed by atoms with van der Waals surface area (Å²) in [4.78, 5) is 2.62. The number of likely N-dealkylation sites (tertiary alicyclic amines) is 1. The van der Waals surface area contributed by atoms with Gasteiger partial charge in [0.25, 0.3) is 0 Å². The maximum atomic E-state index is 9.38. The highest BCUT2D eigenvalue weighted by atomic mass is 15.2. The van der Waals surface area contributed by atoms with Crippen molar-refractivity contribution in [2.75, 3.05) is 13.1 Å². The lowest BCUT2D eigenvalue weighted by Gasteiger charge is -2.41. The Hall–Kier alpha value is -0.590. The van der Waals surface area contributed by atoms with Crippen LogP contribution in [0.15, 0.2) is 0 Å². The second-order valence-corrected chi connectivity index (χ2v) is 7.40. The van der Waals surface area contributed by atoms with Crippen LogP contribution in [-0.4, -0.2) is 35.6 Å². The lowest BCUT2D eigenvalue weighted by atomic mass is 9.85. The van der Waals surface area contributed by atoms with E-state index >= 15 is 0 Å². The number of nitriles is 1. The predicted octanol–water partition coefficient (Wildman–Crippen LogP) is 3.41. The van der Waals surface area contributed by atoms with Crippen molar-refractivity contribution < 1.29 is 0 Å². The van der Waals surface area contributed by atoms with Crippen molar-refractivity contribution in [1.29, 1.82) is 5.26 Å². The average Bonchev–Trinajstić information content (AvgIpc) is 2.34. The van der Waals surface area contributed by atoms with Gasteiger partial charge in [0.15, 0.2) is 0 Å². The first-order valence-corrected chi connectivity index (χ1v) is 8.20. The quantitative estimate of drug-likeness (QED) is 0.810. The highest BCUT2D eigenvalue weighted by Gasteiger charge is 2.29. The molecule has 1 rings (SSSR count). The Kier molecular flexibility index (Phi) is 6.48. The summed E-state index contributed by atoms with van der Waals surface area (Å²) >= 11 is 0. The van der Waals surface area contributed by atoms with E-state index in [2.05, 4.69) is 50.9 Å². The molecular formula is C17H33N3. The van der Waals surface area contributed by atoms with Crippen molar-refractivity contribution >= 4 is 0 Å². The van der Waals surface area contributed by atoms with Crippen LogP contribution < -0.4 is 5.32 Å². The van der Waals surface area contributed by atoms with Gasteiger partial charge in [-0.3, -0.25) is 5.32 Å². The first kappa shape index (κ1) is 17.5. The van der Waals surface area contributed by atoms with E-state index in [0.29, 0.717) is 12.1 Å². The van der Waals surface area contributed by atoms with E-state index in [-0.39, 0.29) is 5.54 Å². The third-order valence-corrected chi connectivity index (χ3v) is 4.70. The number of hydrogen-bond donors (Lipinski definition) is 1. The normalized spacial score (nSPS) is 31.0. The molecule has 20 heavy (non-hydrogen) atoms. The molecule has 0 spiro atoms. The Balaban J connectivity index is 2.44. The van der Waals surface area contributed by atoms with Gasteiger partial charge in [-0.05, 0) is 65.3 Å². The molecule has 0 aromatic rings. The molecule has 1 N–H and O–H groups in total. The van der Waals surface area contributed by atoms with Gasteiger partial charge in [0.05, 0.1) is 6.07 Å². The number of nitrogens with zero attached hydrogens (tertiary/aromatic N) is 2. The summed E-state index contributed by atoms with van der Waals surface area (Å²) < 4.78 is 0. The minimum Gasteiger partial charge on any atom is -0.300 e. The molecule has 1 heterocycles. The molecule has 0 amide bonds. The minimum atomic E-state index is -0.385. The topological polar surface area (TPSA) is 39.1 Å². The third-order valence-electron chi connectivity index (χ3n) is 4.70. The fourth-order valence-electron chi connectivity index (χ4n) is 3.56. The third kappa shape index (κ3) is 5.07. The van der Waals surface area contributed by atoms with Crippen LogP contribution in [0.4, 0.5) is 0 Å². The second kappa shape index (κ2) is 7.43. The Bertz CT molecular complexity index is 334. The molecule has 4 unspecified atom stereocenters. The highest BCUT2D eigenvalue weighted by Crippen LogP contribution is 2.27. The average molecular weight is 279 g/mol. The summed E-state index contributed by atoms with van der Waals surface area (Å²) in [5, 5.41) is 12.8. The Morgan fingerprint density at radius 3 is 2.55 bits per heavy atom. The predicted molar refractivity (Wildman–Crippen MR) is 85.5 cm³/mol. The maximum Gasteiger partial charge on any atom is 0.104 e. The van der Waals surface area contributed by atoms with E-state index in [1.807, 2.05) is 6.92 Å². The van der Waals surface area contributed by atoms with Crippen molar-refractivity contribution in [3.63, 3.8) is 0 Å². The van der Waals surface area contributed by atoms with Gasteiger partial charge in [-0.15, -0.1) is 0 Å². The van der Waals surface area contributed by atoms with Crippen LogP contribution in [0.1, 0.15) is 60.8 Å². The number of nitrogens with one attached hydrogen (secondary N) is 1. The van der Waals surface area contributed by atoms with Crippen LogP contribution in [0.5, 0.6) is 0 Å². The molecule has 0 radical (unpaired) electrons. The molecule has 1 aliphatic heterocycles. The van der Waals surface area contributed by atoms with Gasteiger partial charge in [-0.1, -0.05) is 13.8 Å². The lowest BCUT2D eigenvalue weighted by molar-refractivity contribution is 0.0767. The van der Waals surface area contributed by atoms with Gasteiger partial charge >= 0.3 is 0 Å². The van der Waals surface area contributed by atoms with Crippen LogP contribution in [-0.2, 0) is 0 Å². The summed E-state index contributed by atoms with van der Waals surface area (Å²) in [5.74, 6) is 1.59. The molecular weight excluding hydrogens is 246 g/mol. The fourth-order valence-corrected chi connectivity index (χ4v) is 3.56.